The predicted octanol–water partition coefficient (Wildman–Crippen LogP) is 2.29. The lowest BCUT2D eigenvalue weighted by molar-refractivity contribution is -0.124. The Morgan fingerprint density at radius 1 is 1.24 bits per heavy atom. The van der Waals surface area contributed by atoms with E-state index in [-0.39, 0.29) is 11.9 Å². The van der Waals surface area contributed by atoms with Gasteiger partial charge in [0.15, 0.2) is 0 Å². The van der Waals surface area contributed by atoms with Crippen molar-refractivity contribution >= 4 is 11.6 Å². The zero-order valence-corrected chi connectivity index (χ0v) is 12.8. The van der Waals surface area contributed by atoms with Crippen LogP contribution in [0.1, 0.15) is 24.4 Å². The first-order valence-electron chi connectivity index (χ1n) is 7.17. The largest absolute Gasteiger partial charge is 0.383 e. The van der Waals surface area contributed by atoms with Crippen LogP contribution in [-0.2, 0) is 4.79 Å². The average molecular weight is 286 g/mol. The number of hydrogen-bond donors (Lipinski definition) is 2. The van der Waals surface area contributed by atoms with E-state index < -0.39 is 0 Å². The topological polar surface area (TPSA) is 59.0 Å². The number of carbonyl (C=O) groups excluding carboxylic acids is 1. The van der Waals surface area contributed by atoms with E-state index in [0.29, 0.717) is 13.1 Å². The van der Waals surface area contributed by atoms with Crippen LogP contribution in [-0.4, -0.2) is 28.8 Å². The molecule has 5 nitrogen and oxygen atoms in total. The van der Waals surface area contributed by atoms with E-state index in [4.69, 9.17) is 0 Å². The molecular weight excluding hydrogens is 264 g/mol. The Bertz CT molecular complexity index is 592. The molecule has 2 N–H and O–H groups in total. The molecule has 2 aromatic rings. The predicted molar refractivity (Wildman–Crippen MR) is 84.4 cm³/mol. The third-order valence-corrected chi connectivity index (χ3v) is 3.32. The molecule has 0 radical (unpaired) electrons. The molecule has 0 saturated carbocycles. The van der Waals surface area contributed by atoms with Crippen LogP contribution in [0.3, 0.4) is 0 Å². The minimum Gasteiger partial charge on any atom is -0.383 e. The first-order chi connectivity index (χ1) is 10.1. The zero-order valence-electron chi connectivity index (χ0n) is 12.8. The summed E-state index contributed by atoms with van der Waals surface area (Å²) in [6, 6.07) is 11.6. The highest BCUT2D eigenvalue weighted by Gasteiger charge is 2.16. The van der Waals surface area contributed by atoms with Crippen molar-refractivity contribution in [2.75, 3.05) is 18.4 Å². The molecule has 1 heterocycles. The number of carbonyl (C=O) groups is 1. The van der Waals surface area contributed by atoms with Gasteiger partial charge >= 0.3 is 0 Å². The smallest absolute Gasteiger partial charge is 0.244 e. The molecule has 0 fully saturated rings. The molecular formula is C16H22N4O. The molecule has 0 aliphatic heterocycles. The number of benzene rings is 1. The van der Waals surface area contributed by atoms with Gasteiger partial charge in [-0.2, -0.15) is 5.10 Å². The van der Waals surface area contributed by atoms with Crippen molar-refractivity contribution < 1.29 is 4.79 Å². The van der Waals surface area contributed by atoms with E-state index in [9.17, 15) is 4.79 Å². The third-order valence-electron chi connectivity index (χ3n) is 3.32. The van der Waals surface area contributed by atoms with Gasteiger partial charge in [-0.15, -0.1) is 0 Å². The summed E-state index contributed by atoms with van der Waals surface area (Å²) in [6.07, 6.45) is 0. The van der Waals surface area contributed by atoms with E-state index in [1.54, 1.807) is 4.68 Å². The van der Waals surface area contributed by atoms with Crippen molar-refractivity contribution in [2.45, 2.75) is 26.8 Å². The molecule has 1 aromatic heterocycles. The van der Waals surface area contributed by atoms with Gasteiger partial charge in [0.1, 0.15) is 6.04 Å². The maximum Gasteiger partial charge on any atom is 0.244 e. The molecule has 0 unspecified atom stereocenters. The summed E-state index contributed by atoms with van der Waals surface area (Å²) < 4.78 is 1.76. The summed E-state index contributed by atoms with van der Waals surface area (Å²) in [5, 5.41) is 10.5. The number of anilines is 1. The van der Waals surface area contributed by atoms with Crippen molar-refractivity contribution in [3.8, 4) is 0 Å². The van der Waals surface area contributed by atoms with Crippen molar-refractivity contribution in [3.05, 3.63) is 47.8 Å². The van der Waals surface area contributed by atoms with Gasteiger partial charge in [-0.05, 0) is 39.0 Å². The zero-order chi connectivity index (χ0) is 15.2. The number of aryl methyl sites for hydroxylation is 2. The molecule has 112 valence electrons. The van der Waals surface area contributed by atoms with Crippen LogP contribution in [0.15, 0.2) is 36.4 Å². The first kappa shape index (κ1) is 15.1. The van der Waals surface area contributed by atoms with Crippen molar-refractivity contribution in [3.63, 3.8) is 0 Å². The summed E-state index contributed by atoms with van der Waals surface area (Å²) in [6.45, 7) is 7.02. The molecule has 0 bridgehead atoms. The maximum absolute atomic E-state index is 12.1. The van der Waals surface area contributed by atoms with E-state index in [2.05, 4.69) is 15.7 Å². The standard InChI is InChI=1S/C16H22N4O/c1-12-11-13(2)20(19-12)14(3)16(21)18-10-9-17-15-7-5-4-6-8-15/h4-8,11,14,17H,9-10H2,1-3H3,(H,18,21)/t14-/m1/s1. The minimum absolute atomic E-state index is 0.0175. The second-order valence-corrected chi connectivity index (χ2v) is 5.13. The fourth-order valence-electron chi connectivity index (χ4n) is 2.25. The Morgan fingerprint density at radius 3 is 2.57 bits per heavy atom. The van der Waals surface area contributed by atoms with Crippen molar-refractivity contribution in [2.24, 2.45) is 0 Å². The highest BCUT2D eigenvalue weighted by atomic mass is 16.2. The summed E-state index contributed by atoms with van der Waals surface area (Å²) >= 11 is 0. The van der Waals surface area contributed by atoms with Gasteiger partial charge in [0.25, 0.3) is 0 Å². The number of aromatic nitrogens is 2. The molecule has 1 amide bonds. The number of para-hydroxylation sites is 1. The molecule has 1 atom stereocenters. The van der Waals surface area contributed by atoms with Gasteiger partial charge in [-0.25, -0.2) is 0 Å². The van der Waals surface area contributed by atoms with Crippen LogP contribution in [0.5, 0.6) is 0 Å². The van der Waals surface area contributed by atoms with E-state index in [1.807, 2.05) is 57.2 Å². The van der Waals surface area contributed by atoms with Crippen molar-refractivity contribution in [1.82, 2.24) is 15.1 Å². The van der Waals surface area contributed by atoms with E-state index in [1.165, 1.54) is 0 Å². The Balaban J connectivity index is 1.78. The molecule has 5 heteroatoms. The van der Waals surface area contributed by atoms with Gasteiger partial charge in [0, 0.05) is 24.5 Å². The summed E-state index contributed by atoms with van der Waals surface area (Å²) in [5.74, 6) is -0.0175. The Morgan fingerprint density at radius 2 is 1.95 bits per heavy atom. The number of hydrogen-bond acceptors (Lipinski definition) is 3. The van der Waals surface area contributed by atoms with Crippen LogP contribution >= 0.6 is 0 Å². The fraction of sp³-hybridized carbons (Fsp3) is 0.375. The third kappa shape index (κ3) is 4.08. The van der Waals surface area contributed by atoms with Gasteiger partial charge in [0.2, 0.25) is 5.91 Å². The molecule has 1 aromatic carbocycles. The monoisotopic (exact) mass is 286 g/mol. The summed E-state index contributed by atoms with van der Waals surface area (Å²) in [7, 11) is 0. The van der Waals surface area contributed by atoms with Crippen LogP contribution in [0.2, 0.25) is 0 Å². The highest BCUT2D eigenvalue weighted by Crippen LogP contribution is 2.10. The SMILES string of the molecule is Cc1cc(C)n([C@H](C)C(=O)NCCNc2ccccc2)n1. The van der Waals surface area contributed by atoms with Crippen LogP contribution < -0.4 is 10.6 Å². The van der Waals surface area contributed by atoms with Gasteiger partial charge in [-0.1, -0.05) is 18.2 Å². The molecule has 0 saturated heterocycles. The van der Waals surface area contributed by atoms with E-state index in [0.717, 1.165) is 17.1 Å². The summed E-state index contributed by atoms with van der Waals surface area (Å²) in [4.78, 5) is 12.1. The lowest BCUT2D eigenvalue weighted by atomic mass is 10.3. The molecule has 2 rings (SSSR count). The first-order valence-corrected chi connectivity index (χ1v) is 7.17. The van der Waals surface area contributed by atoms with Gasteiger partial charge in [0.05, 0.1) is 5.69 Å². The highest BCUT2D eigenvalue weighted by molar-refractivity contribution is 5.79. The van der Waals surface area contributed by atoms with Crippen LogP contribution in [0.4, 0.5) is 5.69 Å². The quantitative estimate of drug-likeness (QED) is 0.801. The number of rotatable bonds is 6. The second kappa shape index (κ2) is 6.92. The molecule has 0 aliphatic rings. The average Bonchev–Trinajstić information content (AvgIpc) is 2.82. The maximum atomic E-state index is 12.1. The van der Waals surface area contributed by atoms with Crippen LogP contribution in [0, 0.1) is 13.8 Å². The molecule has 0 spiro atoms. The number of nitrogens with one attached hydrogen (secondary N) is 2. The normalized spacial score (nSPS) is 12.0. The number of amides is 1. The van der Waals surface area contributed by atoms with Crippen LogP contribution in [0.25, 0.3) is 0 Å². The summed E-state index contributed by atoms with van der Waals surface area (Å²) in [5.41, 5.74) is 2.98. The second-order valence-electron chi connectivity index (χ2n) is 5.13. The van der Waals surface area contributed by atoms with Gasteiger partial charge in [-0.3, -0.25) is 9.48 Å². The molecule has 21 heavy (non-hydrogen) atoms. The Hall–Kier alpha value is -2.30. The minimum atomic E-state index is -0.296. The van der Waals surface area contributed by atoms with E-state index >= 15 is 0 Å². The Kier molecular flexibility index (Phi) is 4.98. The lowest BCUT2D eigenvalue weighted by Crippen LogP contribution is -2.34. The van der Waals surface area contributed by atoms with Crippen molar-refractivity contribution in [1.29, 1.82) is 0 Å². The lowest BCUT2D eigenvalue weighted by Gasteiger charge is -2.15. The molecule has 0 aliphatic carbocycles. The van der Waals surface area contributed by atoms with Gasteiger partial charge < -0.3 is 10.6 Å². The Labute approximate surface area is 125 Å². The number of nitrogens with zero attached hydrogens (tertiary/aromatic N) is 2. The fourth-order valence-corrected chi connectivity index (χ4v) is 2.25.